The summed E-state index contributed by atoms with van der Waals surface area (Å²) in [5.74, 6) is -0.246. The van der Waals surface area contributed by atoms with E-state index in [1.807, 2.05) is 60.7 Å². The maximum absolute atomic E-state index is 13.5. The number of anilines is 2. The van der Waals surface area contributed by atoms with Gasteiger partial charge in [-0.2, -0.15) is 0 Å². The third-order valence-electron chi connectivity index (χ3n) is 5.62. The van der Waals surface area contributed by atoms with Gasteiger partial charge < -0.3 is 15.4 Å². The minimum atomic E-state index is -0.569. The lowest BCUT2D eigenvalue weighted by molar-refractivity contribution is -0.115. The van der Waals surface area contributed by atoms with E-state index in [1.54, 1.807) is 19.2 Å². The number of fused-ring (bicyclic) bond motifs is 1. The van der Waals surface area contributed by atoms with E-state index in [1.165, 1.54) is 47.4 Å². The SMILES string of the molecule is COc1ccc2nc(NC(=O)C(Sc3cccc(NC(=O)c4ccc(F)cc4)c3)c3ccccc3)sc2c1. The van der Waals surface area contributed by atoms with Crippen LogP contribution in [-0.4, -0.2) is 23.9 Å². The number of nitrogens with one attached hydrogen (secondary N) is 2. The van der Waals surface area contributed by atoms with E-state index in [0.717, 1.165) is 26.4 Å². The highest BCUT2D eigenvalue weighted by molar-refractivity contribution is 8.00. The van der Waals surface area contributed by atoms with Crippen LogP contribution in [0.15, 0.2) is 102 Å². The number of aromatic nitrogens is 1. The molecule has 9 heteroatoms. The lowest BCUT2D eigenvalue weighted by Gasteiger charge is -2.17. The number of thiazole rings is 1. The van der Waals surface area contributed by atoms with E-state index in [9.17, 15) is 14.0 Å². The summed E-state index contributed by atoms with van der Waals surface area (Å²) < 4.78 is 19.4. The van der Waals surface area contributed by atoms with Crippen LogP contribution in [0.2, 0.25) is 0 Å². The van der Waals surface area contributed by atoms with Crippen LogP contribution >= 0.6 is 23.1 Å². The van der Waals surface area contributed by atoms with Crippen LogP contribution in [0.5, 0.6) is 5.75 Å². The first kappa shape index (κ1) is 25.4. The molecule has 38 heavy (non-hydrogen) atoms. The number of carbonyl (C=O) groups excluding carboxylic acids is 2. The summed E-state index contributed by atoms with van der Waals surface area (Å²) in [5.41, 5.74) is 2.52. The Bertz CT molecular complexity index is 1590. The van der Waals surface area contributed by atoms with Crippen molar-refractivity contribution in [3.05, 3.63) is 114 Å². The average molecular weight is 544 g/mol. The second kappa shape index (κ2) is 11.5. The van der Waals surface area contributed by atoms with Gasteiger partial charge >= 0.3 is 0 Å². The van der Waals surface area contributed by atoms with Gasteiger partial charge in [-0.25, -0.2) is 9.37 Å². The molecule has 0 aliphatic rings. The lowest BCUT2D eigenvalue weighted by Crippen LogP contribution is -2.19. The van der Waals surface area contributed by atoms with Crippen LogP contribution in [0.4, 0.5) is 15.2 Å². The molecule has 1 aromatic heterocycles. The first-order valence-corrected chi connectivity index (χ1v) is 13.3. The van der Waals surface area contributed by atoms with Crippen molar-refractivity contribution in [2.45, 2.75) is 10.1 Å². The van der Waals surface area contributed by atoms with Gasteiger partial charge in [0.15, 0.2) is 5.13 Å². The second-order valence-corrected chi connectivity index (χ2v) is 10.4. The number of thioether (sulfide) groups is 1. The van der Waals surface area contributed by atoms with E-state index in [2.05, 4.69) is 15.6 Å². The molecule has 6 nitrogen and oxygen atoms in total. The predicted molar refractivity (Wildman–Crippen MR) is 151 cm³/mol. The normalized spacial score (nSPS) is 11.6. The highest BCUT2D eigenvalue weighted by Gasteiger charge is 2.23. The van der Waals surface area contributed by atoms with Crippen LogP contribution in [-0.2, 0) is 4.79 Å². The molecule has 5 rings (SSSR count). The molecule has 0 saturated heterocycles. The third-order valence-corrected chi connectivity index (χ3v) is 7.80. The molecule has 2 amide bonds. The summed E-state index contributed by atoms with van der Waals surface area (Å²) in [6, 6.07) is 27.7. The van der Waals surface area contributed by atoms with E-state index >= 15 is 0 Å². The van der Waals surface area contributed by atoms with E-state index in [0.29, 0.717) is 16.4 Å². The van der Waals surface area contributed by atoms with Crippen molar-refractivity contribution >= 4 is 55.9 Å². The molecule has 0 spiro atoms. The van der Waals surface area contributed by atoms with Gasteiger partial charge in [0.2, 0.25) is 5.91 Å². The maximum atomic E-state index is 13.5. The Kier molecular flexibility index (Phi) is 7.67. The monoisotopic (exact) mass is 543 g/mol. The van der Waals surface area contributed by atoms with Crippen molar-refractivity contribution in [1.82, 2.24) is 4.98 Å². The number of methoxy groups -OCH3 is 1. The van der Waals surface area contributed by atoms with E-state index < -0.39 is 11.1 Å². The predicted octanol–water partition coefficient (Wildman–Crippen LogP) is 7.17. The quantitative estimate of drug-likeness (QED) is 0.203. The number of rotatable bonds is 8. The van der Waals surface area contributed by atoms with Crippen molar-refractivity contribution in [1.29, 1.82) is 0 Å². The highest BCUT2D eigenvalue weighted by Crippen LogP contribution is 2.38. The van der Waals surface area contributed by atoms with Crippen molar-refractivity contribution in [2.24, 2.45) is 0 Å². The largest absolute Gasteiger partial charge is 0.497 e. The standard InChI is InChI=1S/C29H22FN3O3S2/c1-36-22-14-15-24-25(17-22)38-29(32-24)33-28(35)26(18-6-3-2-4-7-18)37-23-9-5-8-21(16-23)31-27(34)19-10-12-20(30)13-11-19/h2-17,26H,1H3,(H,31,34)(H,32,33,35). The molecule has 1 unspecified atom stereocenters. The van der Waals surface area contributed by atoms with E-state index in [4.69, 9.17) is 4.74 Å². The first-order valence-electron chi connectivity index (χ1n) is 11.6. The summed E-state index contributed by atoms with van der Waals surface area (Å²) >= 11 is 2.74. The first-order chi connectivity index (χ1) is 18.5. The molecule has 0 aliphatic heterocycles. The average Bonchev–Trinajstić information content (AvgIpc) is 3.34. The molecule has 0 fully saturated rings. The minimum Gasteiger partial charge on any atom is -0.497 e. The van der Waals surface area contributed by atoms with Gasteiger partial charge in [-0.15, -0.1) is 11.8 Å². The molecule has 1 atom stereocenters. The molecule has 4 aromatic carbocycles. The molecular weight excluding hydrogens is 521 g/mol. The number of ether oxygens (including phenoxy) is 1. The Hall–Kier alpha value is -4.21. The summed E-state index contributed by atoms with van der Waals surface area (Å²) in [6.07, 6.45) is 0. The number of hydrogen-bond acceptors (Lipinski definition) is 6. The molecule has 190 valence electrons. The van der Waals surface area contributed by atoms with Crippen molar-refractivity contribution < 1.29 is 18.7 Å². The van der Waals surface area contributed by atoms with E-state index in [-0.39, 0.29) is 11.8 Å². The number of amides is 2. The van der Waals surface area contributed by atoms with Crippen LogP contribution in [0.3, 0.4) is 0 Å². The summed E-state index contributed by atoms with van der Waals surface area (Å²) in [4.78, 5) is 31.4. The van der Waals surface area contributed by atoms with Crippen molar-refractivity contribution in [2.75, 3.05) is 17.7 Å². The zero-order valence-electron chi connectivity index (χ0n) is 20.2. The van der Waals surface area contributed by atoms with Gasteiger partial charge in [-0.3, -0.25) is 9.59 Å². The van der Waals surface area contributed by atoms with Gasteiger partial charge in [0.05, 0.1) is 17.3 Å². The number of benzene rings is 4. The van der Waals surface area contributed by atoms with Crippen LogP contribution in [0.1, 0.15) is 21.2 Å². The fourth-order valence-electron chi connectivity index (χ4n) is 3.74. The Labute approximate surface area is 226 Å². The Balaban J connectivity index is 1.36. The zero-order valence-corrected chi connectivity index (χ0v) is 21.8. The van der Waals surface area contributed by atoms with Gasteiger partial charge in [0.25, 0.3) is 5.91 Å². The minimum absolute atomic E-state index is 0.215. The molecule has 1 heterocycles. The van der Waals surface area contributed by atoms with Crippen molar-refractivity contribution in [3.8, 4) is 5.75 Å². The Morgan fingerprint density at radius 2 is 1.71 bits per heavy atom. The number of halogens is 1. The van der Waals surface area contributed by atoms with Crippen molar-refractivity contribution in [3.63, 3.8) is 0 Å². The van der Waals surface area contributed by atoms with Crippen LogP contribution < -0.4 is 15.4 Å². The molecule has 5 aromatic rings. The molecule has 2 N–H and O–H groups in total. The molecule has 0 aliphatic carbocycles. The lowest BCUT2D eigenvalue weighted by atomic mass is 10.1. The van der Waals surface area contributed by atoms with Gasteiger partial charge in [-0.05, 0) is 66.2 Å². The third kappa shape index (κ3) is 6.01. The Morgan fingerprint density at radius 1 is 0.921 bits per heavy atom. The zero-order chi connectivity index (χ0) is 26.5. The maximum Gasteiger partial charge on any atom is 0.255 e. The van der Waals surface area contributed by atoms with Crippen LogP contribution in [0, 0.1) is 5.82 Å². The second-order valence-electron chi connectivity index (χ2n) is 8.24. The molecular formula is C29H22FN3O3S2. The molecule has 0 saturated carbocycles. The molecule has 0 radical (unpaired) electrons. The molecule has 0 bridgehead atoms. The summed E-state index contributed by atoms with van der Waals surface area (Å²) in [7, 11) is 1.61. The number of carbonyl (C=O) groups is 2. The highest BCUT2D eigenvalue weighted by atomic mass is 32.2. The van der Waals surface area contributed by atoms with Gasteiger partial charge in [0, 0.05) is 16.1 Å². The Morgan fingerprint density at radius 3 is 2.47 bits per heavy atom. The number of nitrogens with zero attached hydrogens (tertiary/aromatic N) is 1. The van der Waals surface area contributed by atoms with Gasteiger partial charge in [-0.1, -0.05) is 47.7 Å². The fourth-order valence-corrected chi connectivity index (χ4v) is 5.73. The van der Waals surface area contributed by atoms with Gasteiger partial charge in [0.1, 0.15) is 16.8 Å². The van der Waals surface area contributed by atoms with Crippen LogP contribution in [0.25, 0.3) is 10.2 Å². The summed E-state index contributed by atoms with van der Waals surface area (Å²) in [5, 5.41) is 5.73. The fraction of sp³-hybridized carbons (Fsp3) is 0.0690. The number of hydrogen-bond donors (Lipinski definition) is 2. The topological polar surface area (TPSA) is 80.3 Å². The smallest absolute Gasteiger partial charge is 0.255 e. The summed E-state index contributed by atoms with van der Waals surface area (Å²) in [6.45, 7) is 0.